The van der Waals surface area contributed by atoms with Crippen LogP contribution in [0.2, 0.25) is 0 Å². The lowest BCUT2D eigenvalue weighted by molar-refractivity contribution is -0.114. The Labute approximate surface area is 182 Å². The fraction of sp³-hybridized carbons (Fsp3) is 0.269. The average molecular weight is 414 g/mol. The average Bonchev–Trinajstić information content (AvgIpc) is 2.70. The number of aliphatic imine (C=N–C) groups is 1. The normalized spacial score (nSPS) is 23.8. The standard InChI is InChI=1S/C26H27N3O2/c1-4-22-20-13-17(2)16-26(22,23-10-11-25(31)29-24(23)15-20)27-12-6-8-19-7-5-9-21(14-19)28-18(3)30/h4-14,20H,15-16H2,1-3H3,(H,28,30)(H,29,31)/b8-6+,22-4+,27-12?. The fourth-order valence-corrected chi connectivity index (χ4v) is 4.90. The Morgan fingerprint density at radius 2 is 2.13 bits per heavy atom. The Hall–Kier alpha value is -3.47. The first kappa shape index (κ1) is 20.8. The fourth-order valence-electron chi connectivity index (χ4n) is 4.90. The lowest BCUT2D eigenvalue weighted by Gasteiger charge is -2.45. The molecule has 31 heavy (non-hydrogen) atoms. The van der Waals surface area contributed by atoms with Gasteiger partial charge in [-0.05, 0) is 55.7 Å². The van der Waals surface area contributed by atoms with E-state index in [1.54, 1.807) is 6.07 Å². The van der Waals surface area contributed by atoms with Gasteiger partial charge in [-0.25, -0.2) is 0 Å². The number of benzene rings is 1. The van der Waals surface area contributed by atoms with E-state index in [2.05, 4.69) is 36.3 Å². The van der Waals surface area contributed by atoms with Crippen LogP contribution < -0.4 is 10.9 Å². The van der Waals surface area contributed by atoms with Crippen LogP contribution in [-0.2, 0) is 16.8 Å². The van der Waals surface area contributed by atoms with Crippen molar-refractivity contribution in [2.75, 3.05) is 5.32 Å². The van der Waals surface area contributed by atoms with E-state index in [1.807, 2.05) is 48.7 Å². The molecule has 2 atom stereocenters. The molecule has 0 spiro atoms. The van der Waals surface area contributed by atoms with E-state index >= 15 is 0 Å². The number of nitrogens with zero attached hydrogens (tertiary/aromatic N) is 1. The third-order valence-corrected chi connectivity index (χ3v) is 5.96. The number of hydrogen-bond acceptors (Lipinski definition) is 3. The van der Waals surface area contributed by atoms with Gasteiger partial charge in [-0.1, -0.05) is 35.9 Å². The van der Waals surface area contributed by atoms with E-state index in [-0.39, 0.29) is 17.4 Å². The molecular formula is C26H27N3O2. The van der Waals surface area contributed by atoms with Crippen LogP contribution >= 0.6 is 0 Å². The molecule has 2 aromatic rings. The van der Waals surface area contributed by atoms with Crippen molar-refractivity contribution in [1.29, 1.82) is 0 Å². The van der Waals surface area contributed by atoms with Gasteiger partial charge in [-0.3, -0.25) is 14.6 Å². The van der Waals surface area contributed by atoms with Crippen LogP contribution in [0.15, 0.2) is 75.6 Å². The summed E-state index contributed by atoms with van der Waals surface area (Å²) in [6.07, 6.45) is 11.8. The van der Waals surface area contributed by atoms with Gasteiger partial charge in [-0.2, -0.15) is 0 Å². The predicted molar refractivity (Wildman–Crippen MR) is 126 cm³/mol. The van der Waals surface area contributed by atoms with Crippen LogP contribution in [0, 0.1) is 5.92 Å². The highest BCUT2D eigenvalue weighted by molar-refractivity contribution is 5.89. The maximum atomic E-state index is 11.9. The number of H-pyrrole nitrogens is 1. The van der Waals surface area contributed by atoms with Gasteiger partial charge >= 0.3 is 0 Å². The third-order valence-electron chi connectivity index (χ3n) is 5.96. The molecule has 2 bridgehead atoms. The first-order chi connectivity index (χ1) is 14.9. The summed E-state index contributed by atoms with van der Waals surface area (Å²) in [6, 6.07) is 11.2. The number of nitrogens with one attached hydrogen (secondary N) is 2. The van der Waals surface area contributed by atoms with Crippen molar-refractivity contribution in [3.8, 4) is 0 Å². The zero-order valence-electron chi connectivity index (χ0n) is 18.1. The van der Waals surface area contributed by atoms with Gasteiger partial charge in [0.15, 0.2) is 0 Å². The first-order valence-corrected chi connectivity index (χ1v) is 10.6. The number of hydrogen-bond donors (Lipinski definition) is 2. The van der Waals surface area contributed by atoms with E-state index < -0.39 is 5.54 Å². The molecule has 1 heterocycles. The van der Waals surface area contributed by atoms with Crippen molar-refractivity contribution < 1.29 is 4.79 Å². The number of anilines is 1. The molecule has 2 unspecified atom stereocenters. The van der Waals surface area contributed by atoms with Gasteiger partial charge in [0, 0.05) is 48.5 Å². The van der Waals surface area contributed by atoms with E-state index in [1.165, 1.54) is 18.1 Å². The summed E-state index contributed by atoms with van der Waals surface area (Å²) in [5, 5.41) is 2.80. The van der Waals surface area contributed by atoms with Gasteiger partial charge in [-0.15, -0.1) is 0 Å². The molecular weight excluding hydrogens is 386 g/mol. The second-order valence-corrected chi connectivity index (χ2v) is 8.26. The Morgan fingerprint density at radius 1 is 1.29 bits per heavy atom. The second kappa shape index (κ2) is 8.34. The van der Waals surface area contributed by atoms with Crippen LogP contribution in [0.5, 0.6) is 0 Å². The number of fused-ring (bicyclic) bond motifs is 4. The first-order valence-electron chi connectivity index (χ1n) is 10.6. The molecule has 0 saturated heterocycles. The summed E-state index contributed by atoms with van der Waals surface area (Å²) in [4.78, 5) is 31.3. The molecule has 5 heteroatoms. The number of aromatic amines is 1. The quantitative estimate of drug-likeness (QED) is 0.559. The van der Waals surface area contributed by atoms with Crippen LogP contribution in [0.25, 0.3) is 6.08 Å². The number of rotatable bonds is 4. The highest BCUT2D eigenvalue weighted by Gasteiger charge is 2.46. The lowest BCUT2D eigenvalue weighted by atomic mass is 9.63. The zero-order chi connectivity index (χ0) is 22.0. The molecule has 5 nitrogen and oxygen atoms in total. The summed E-state index contributed by atoms with van der Waals surface area (Å²) in [5.74, 6) is 0.157. The van der Waals surface area contributed by atoms with Crippen molar-refractivity contribution in [2.24, 2.45) is 10.9 Å². The topological polar surface area (TPSA) is 74.3 Å². The van der Waals surface area contributed by atoms with Crippen molar-refractivity contribution in [3.63, 3.8) is 0 Å². The van der Waals surface area contributed by atoms with Gasteiger partial charge in [0.2, 0.25) is 11.5 Å². The molecule has 4 rings (SSSR count). The largest absolute Gasteiger partial charge is 0.326 e. The minimum Gasteiger partial charge on any atom is -0.326 e. The minimum atomic E-state index is -0.488. The molecule has 1 amide bonds. The molecule has 0 aliphatic heterocycles. The van der Waals surface area contributed by atoms with Gasteiger partial charge in [0.1, 0.15) is 5.54 Å². The van der Waals surface area contributed by atoms with Gasteiger partial charge in [0.05, 0.1) is 0 Å². The highest BCUT2D eigenvalue weighted by Crippen LogP contribution is 2.51. The number of aromatic nitrogens is 1. The second-order valence-electron chi connectivity index (χ2n) is 8.26. The number of allylic oxidation sites excluding steroid dienone is 3. The van der Waals surface area contributed by atoms with Crippen molar-refractivity contribution >= 4 is 23.9 Å². The molecule has 0 radical (unpaired) electrons. The Morgan fingerprint density at radius 3 is 2.90 bits per heavy atom. The Kier molecular flexibility index (Phi) is 5.59. The smallest absolute Gasteiger partial charge is 0.248 e. The molecule has 158 valence electrons. The number of carbonyl (C=O) groups excluding carboxylic acids is 1. The minimum absolute atomic E-state index is 0.0699. The molecule has 2 aliphatic rings. The van der Waals surface area contributed by atoms with E-state index in [0.29, 0.717) is 0 Å². The highest BCUT2D eigenvalue weighted by atomic mass is 16.1. The van der Waals surface area contributed by atoms with Crippen LogP contribution in [0.3, 0.4) is 0 Å². The van der Waals surface area contributed by atoms with E-state index in [0.717, 1.165) is 35.3 Å². The molecule has 2 N–H and O–H groups in total. The number of pyridine rings is 1. The lowest BCUT2D eigenvalue weighted by Crippen LogP contribution is -2.40. The number of amides is 1. The van der Waals surface area contributed by atoms with Gasteiger partial charge < -0.3 is 10.3 Å². The number of carbonyl (C=O) groups is 1. The SMILES string of the molecule is C/C=C1\C2C=C(C)CC1(N=C/C=C/c1cccc(NC(C)=O)c1)c1ccc(=O)[nH]c1C2. The summed E-state index contributed by atoms with van der Waals surface area (Å²) in [7, 11) is 0. The van der Waals surface area contributed by atoms with Crippen LogP contribution in [0.1, 0.15) is 44.0 Å². The molecule has 1 aromatic carbocycles. The third kappa shape index (κ3) is 4.08. The Balaban J connectivity index is 1.69. The molecule has 1 aromatic heterocycles. The molecule has 0 fully saturated rings. The van der Waals surface area contributed by atoms with Crippen molar-refractivity contribution in [2.45, 2.75) is 39.2 Å². The summed E-state index contributed by atoms with van der Waals surface area (Å²) < 4.78 is 0. The summed E-state index contributed by atoms with van der Waals surface area (Å²) in [6.45, 7) is 5.72. The van der Waals surface area contributed by atoms with Gasteiger partial charge in [0.25, 0.3) is 0 Å². The summed E-state index contributed by atoms with van der Waals surface area (Å²) >= 11 is 0. The summed E-state index contributed by atoms with van der Waals surface area (Å²) in [5.41, 5.74) is 5.86. The molecule has 2 aliphatic carbocycles. The van der Waals surface area contributed by atoms with Crippen LogP contribution in [-0.4, -0.2) is 17.1 Å². The predicted octanol–water partition coefficient (Wildman–Crippen LogP) is 4.78. The maximum Gasteiger partial charge on any atom is 0.248 e. The van der Waals surface area contributed by atoms with Crippen molar-refractivity contribution in [1.82, 2.24) is 4.98 Å². The van der Waals surface area contributed by atoms with Crippen molar-refractivity contribution in [3.05, 3.63) is 92.9 Å². The van der Waals surface area contributed by atoms with Crippen LogP contribution in [0.4, 0.5) is 5.69 Å². The van der Waals surface area contributed by atoms with E-state index in [9.17, 15) is 9.59 Å². The monoisotopic (exact) mass is 413 g/mol. The van der Waals surface area contributed by atoms with E-state index in [4.69, 9.17) is 4.99 Å². The zero-order valence-corrected chi connectivity index (χ0v) is 18.1. The maximum absolute atomic E-state index is 11.9. The molecule has 0 saturated carbocycles. The Bertz CT molecular complexity index is 1200.